The number of hydrogen-bond donors (Lipinski definition) is 1. The van der Waals surface area contributed by atoms with E-state index in [0.717, 1.165) is 12.0 Å². The molecule has 24 heavy (non-hydrogen) atoms. The van der Waals surface area contributed by atoms with Crippen molar-refractivity contribution in [2.24, 2.45) is 5.16 Å². The fraction of sp³-hybridized carbons (Fsp3) is 0.333. The molecule has 2 rings (SSSR count). The first-order valence-corrected chi connectivity index (χ1v) is 7.70. The Bertz CT molecular complexity index is 687. The van der Waals surface area contributed by atoms with Gasteiger partial charge in [-0.15, -0.1) is 0 Å². The van der Waals surface area contributed by atoms with Crippen LogP contribution in [-0.4, -0.2) is 29.0 Å². The molecule has 2 aromatic rings. The van der Waals surface area contributed by atoms with Crippen molar-refractivity contribution < 1.29 is 23.9 Å². The first-order valence-electron chi connectivity index (χ1n) is 7.70. The summed E-state index contributed by atoms with van der Waals surface area (Å²) in [5.74, 6) is 0.0161. The lowest BCUT2D eigenvalue weighted by molar-refractivity contribution is -0.152. The van der Waals surface area contributed by atoms with Crippen LogP contribution >= 0.6 is 0 Å². The summed E-state index contributed by atoms with van der Waals surface area (Å²) >= 11 is 0. The van der Waals surface area contributed by atoms with E-state index in [9.17, 15) is 4.79 Å². The van der Waals surface area contributed by atoms with Gasteiger partial charge in [0.2, 0.25) is 0 Å². The van der Waals surface area contributed by atoms with E-state index in [1.165, 1.54) is 13.8 Å². The van der Waals surface area contributed by atoms with Crippen molar-refractivity contribution in [2.45, 2.75) is 32.8 Å². The van der Waals surface area contributed by atoms with Crippen molar-refractivity contribution in [3.8, 4) is 5.75 Å². The standard InChI is InChI=1S/C18H21NO5/c1-4-11-23-19-16(15-6-5-12-22-15)13-7-9-14(10-8-13)24-18(2,3)17(20)21/h5-10,12H,4,11H2,1-3H3,(H,20,21). The van der Waals surface area contributed by atoms with E-state index in [0.29, 0.717) is 23.8 Å². The molecule has 6 heteroatoms. The number of carboxylic acid groups (broad SMARTS) is 1. The Morgan fingerprint density at radius 2 is 1.96 bits per heavy atom. The van der Waals surface area contributed by atoms with Crippen molar-refractivity contribution in [1.29, 1.82) is 0 Å². The molecule has 6 nitrogen and oxygen atoms in total. The lowest BCUT2D eigenvalue weighted by Gasteiger charge is -2.21. The van der Waals surface area contributed by atoms with Gasteiger partial charge >= 0.3 is 5.97 Å². The smallest absolute Gasteiger partial charge is 0.347 e. The number of rotatable bonds is 8. The number of nitrogens with zero attached hydrogens (tertiary/aromatic N) is 1. The fourth-order valence-corrected chi connectivity index (χ4v) is 1.87. The molecule has 0 aliphatic heterocycles. The second-order valence-electron chi connectivity index (χ2n) is 5.69. The minimum absolute atomic E-state index is 0.458. The van der Waals surface area contributed by atoms with E-state index < -0.39 is 11.6 Å². The number of carboxylic acids is 1. The summed E-state index contributed by atoms with van der Waals surface area (Å²) in [6.07, 6.45) is 2.42. The Kier molecular flexibility index (Phi) is 5.63. The fourth-order valence-electron chi connectivity index (χ4n) is 1.87. The van der Waals surface area contributed by atoms with Gasteiger partial charge in [0.05, 0.1) is 6.26 Å². The summed E-state index contributed by atoms with van der Waals surface area (Å²) in [5, 5.41) is 13.3. The van der Waals surface area contributed by atoms with E-state index in [-0.39, 0.29) is 0 Å². The van der Waals surface area contributed by atoms with Crippen LogP contribution in [0.1, 0.15) is 38.5 Å². The van der Waals surface area contributed by atoms with Crippen LogP contribution < -0.4 is 4.74 Å². The van der Waals surface area contributed by atoms with Crippen LogP contribution in [0.4, 0.5) is 0 Å². The molecule has 1 heterocycles. The highest BCUT2D eigenvalue weighted by Gasteiger charge is 2.29. The third kappa shape index (κ3) is 4.38. The van der Waals surface area contributed by atoms with E-state index in [2.05, 4.69) is 5.16 Å². The second kappa shape index (κ2) is 7.68. The van der Waals surface area contributed by atoms with Gasteiger partial charge < -0.3 is 19.1 Å². The van der Waals surface area contributed by atoms with Gasteiger partial charge in [-0.1, -0.05) is 12.1 Å². The molecule has 0 fully saturated rings. The predicted molar refractivity (Wildman–Crippen MR) is 89.4 cm³/mol. The van der Waals surface area contributed by atoms with E-state index in [4.69, 9.17) is 19.1 Å². The lowest BCUT2D eigenvalue weighted by Crippen LogP contribution is -2.37. The van der Waals surface area contributed by atoms with E-state index in [1.807, 2.05) is 6.92 Å². The number of aliphatic carboxylic acids is 1. The summed E-state index contributed by atoms with van der Waals surface area (Å²) in [6.45, 7) is 5.51. The third-order valence-corrected chi connectivity index (χ3v) is 3.22. The largest absolute Gasteiger partial charge is 0.478 e. The van der Waals surface area contributed by atoms with E-state index in [1.54, 1.807) is 42.7 Å². The van der Waals surface area contributed by atoms with Crippen molar-refractivity contribution in [2.75, 3.05) is 6.61 Å². The molecule has 0 atom stereocenters. The molecule has 128 valence electrons. The quantitative estimate of drug-likeness (QED) is 0.453. The number of benzene rings is 1. The van der Waals surface area contributed by atoms with Crippen LogP contribution in [0.5, 0.6) is 5.75 Å². The van der Waals surface area contributed by atoms with Gasteiger partial charge in [0.1, 0.15) is 12.4 Å². The van der Waals surface area contributed by atoms with Gasteiger partial charge in [0.25, 0.3) is 0 Å². The highest BCUT2D eigenvalue weighted by molar-refractivity contribution is 6.10. The van der Waals surface area contributed by atoms with Crippen molar-refractivity contribution in [3.05, 3.63) is 54.0 Å². The summed E-state index contributed by atoms with van der Waals surface area (Å²) in [4.78, 5) is 16.4. The summed E-state index contributed by atoms with van der Waals surface area (Å²) in [7, 11) is 0. The normalized spacial score (nSPS) is 12.0. The molecule has 0 amide bonds. The molecule has 0 bridgehead atoms. The van der Waals surface area contributed by atoms with Crippen molar-refractivity contribution in [3.63, 3.8) is 0 Å². The Morgan fingerprint density at radius 3 is 2.50 bits per heavy atom. The monoisotopic (exact) mass is 331 g/mol. The number of carbonyl (C=O) groups is 1. The Balaban J connectivity index is 2.23. The Labute approximate surface area is 140 Å². The van der Waals surface area contributed by atoms with Gasteiger partial charge in [-0.05, 0) is 56.7 Å². The van der Waals surface area contributed by atoms with Crippen molar-refractivity contribution in [1.82, 2.24) is 0 Å². The predicted octanol–water partition coefficient (Wildman–Crippen LogP) is 3.70. The average Bonchev–Trinajstić information content (AvgIpc) is 3.06. The van der Waals surface area contributed by atoms with Crippen molar-refractivity contribution >= 4 is 11.7 Å². The zero-order valence-corrected chi connectivity index (χ0v) is 14.0. The summed E-state index contributed by atoms with van der Waals surface area (Å²) < 4.78 is 10.9. The van der Waals surface area contributed by atoms with E-state index >= 15 is 0 Å². The van der Waals surface area contributed by atoms with Gasteiger partial charge in [0, 0.05) is 5.56 Å². The highest BCUT2D eigenvalue weighted by atomic mass is 16.6. The maximum atomic E-state index is 11.1. The molecule has 0 aliphatic carbocycles. The Morgan fingerprint density at radius 1 is 1.25 bits per heavy atom. The number of furan rings is 1. The molecule has 0 spiro atoms. The summed E-state index contributed by atoms with van der Waals surface area (Å²) in [6, 6.07) is 10.5. The molecule has 0 radical (unpaired) electrons. The SMILES string of the molecule is CCCON=C(c1ccc(OC(C)(C)C(=O)O)cc1)c1ccco1. The molecule has 1 aromatic carbocycles. The maximum absolute atomic E-state index is 11.1. The van der Waals surface area contributed by atoms with Crippen LogP contribution in [0.25, 0.3) is 0 Å². The minimum Gasteiger partial charge on any atom is -0.478 e. The topological polar surface area (TPSA) is 81.3 Å². The molecule has 1 N–H and O–H groups in total. The second-order valence-corrected chi connectivity index (χ2v) is 5.69. The number of ether oxygens (including phenoxy) is 1. The lowest BCUT2D eigenvalue weighted by atomic mass is 10.1. The molecular formula is C18H21NO5. The summed E-state index contributed by atoms with van der Waals surface area (Å²) in [5.41, 5.74) is 0.0444. The minimum atomic E-state index is -1.30. The molecule has 0 aliphatic rings. The van der Waals surface area contributed by atoms with Crippen LogP contribution in [0.3, 0.4) is 0 Å². The van der Waals surface area contributed by atoms with Crippen LogP contribution in [0.2, 0.25) is 0 Å². The molecule has 0 unspecified atom stereocenters. The zero-order chi connectivity index (χ0) is 17.6. The zero-order valence-electron chi connectivity index (χ0n) is 14.0. The van der Waals surface area contributed by atoms with Gasteiger partial charge in [-0.25, -0.2) is 4.79 Å². The van der Waals surface area contributed by atoms with Crippen LogP contribution in [0.15, 0.2) is 52.2 Å². The molecule has 1 aromatic heterocycles. The molecule has 0 saturated heterocycles. The average molecular weight is 331 g/mol. The molecule has 0 saturated carbocycles. The third-order valence-electron chi connectivity index (χ3n) is 3.22. The highest BCUT2D eigenvalue weighted by Crippen LogP contribution is 2.21. The first kappa shape index (κ1) is 17.6. The van der Waals surface area contributed by atoms with Gasteiger partial charge in [0.15, 0.2) is 17.1 Å². The molecular weight excluding hydrogens is 310 g/mol. The van der Waals surface area contributed by atoms with Gasteiger partial charge in [-0.2, -0.15) is 0 Å². The van der Waals surface area contributed by atoms with Crippen LogP contribution in [0, 0.1) is 0 Å². The number of hydrogen-bond acceptors (Lipinski definition) is 5. The Hall–Kier alpha value is -2.76. The van der Waals surface area contributed by atoms with Crippen LogP contribution in [-0.2, 0) is 9.63 Å². The number of oxime groups is 1. The van der Waals surface area contributed by atoms with Gasteiger partial charge in [-0.3, -0.25) is 0 Å². The maximum Gasteiger partial charge on any atom is 0.347 e. The first-order chi connectivity index (χ1) is 11.4.